The van der Waals surface area contributed by atoms with Crippen LogP contribution < -0.4 is 5.32 Å². The minimum atomic E-state index is 0.243. The van der Waals surface area contributed by atoms with E-state index in [4.69, 9.17) is 0 Å². The zero-order valence-electron chi connectivity index (χ0n) is 16.4. The molecule has 146 valence electrons. The Labute approximate surface area is 163 Å². The number of benzene rings is 1. The van der Waals surface area contributed by atoms with E-state index in [9.17, 15) is 4.79 Å². The Kier molecular flexibility index (Phi) is 8.12. The van der Waals surface area contributed by atoms with Crippen LogP contribution in [0.3, 0.4) is 0 Å². The summed E-state index contributed by atoms with van der Waals surface area (Å²) in [7, 11) is 0. The Morgan fingerprint density at radius 3 is 2.63 bits per heavy atom. The molecule has 1 aromatic carbocycles. The van der Waals surface area contributed by atoms with Crippen molar-refractivity contribution in [2.75, 3.05) is 45.8 Å². The summed E-state index contributed by atoms with van der Waals surface area (Å²) in [5.41, 5.74) is 2.81. The maximum atomic E-state index is 12.4. The molecule has 4 nitrogen and oxygen atoms in total. The summed E-state index contributed by atoms with van der Waals surface area (Å²) >= 11 is 0. The average Bonchev–Trinajstić information content (AvgIpc) is 2.73. The SMILES string of the molecule is O=C(CNCCC1=CCCCC1)N1CCN(C/C=C/c2ccccc2)CC1. The maximum Gasteiger partial charge on any atom is 0.236 e. The van der Waals surface area contributed by atoms with Crippen molar-refractivity contribution in [3.8, 4) is 0 Å². The van der Waals surface area contributed by atoms with E-state index in [2.05, 4.69) is 52.7 Å². The molecule has 0 radical (unpaired) electrons. The highest BCUT2D eigenvalue weighted by atomic mass is 16.2. The van der Waals surface area contributed by atoms with Gasteiger partial charge < -0.3 is 10.2 Å². The molecular weight excluding hydrogens is 334 g/mol. The summed E-state index contributed by atoms with van der Waals surface area (Å²) in [5.74, 6) is 0.243. The predicted molar refractivity (Wildman–Crippen MR) is 113 cm³/mol. The highest BCUT2D eigenvalue weighted by Crippen LogP contribution is 2.19. The van der Waals surface area contributed by atoms with E-state index in [0.29, 0.717) is 6.54 Å². The molecule has 0 spiro atoms. The highest BCUT2D eigenvalue weighted by molar-refractivity contribution is 5.78. The van der Waals surface area contributed by atoms with Gasteiger partial charge in [-0.25, -0.2) is 0 Å². The molecular formula is C23H33N3O. The maximum absolute atomic E-state index is 12.4. The number of hydrogen-bond donors (Lipinski definition) is 1. The fourth-order valence-electron chi connectivity index (χ4n) is 3.77. The number of hydrogen-bond acceptors (Lipinski definition) is 3. The first kappa shape index (κ1) is 19.8. The largest absolute Gasteiger partial charge is 0.339 e. The molecule has 1 fully saturated rings. The molecule has 0 unspecified atom stereocenters. The van der Waals surface area contributed by atoms with Gasteiger partial charge in [-0.15, -0.1) is 0 Å². The lowest BCUT2D eigenvalue weighted by Crippen LogP contribution is -2.50. The van der Waals surface area contributed by atoms with Crippen LogP contribution in [0.4, 0.5) is 0 Å². The fraction of sp³-hybridized carbons (Fsp3) is 0.522. The van der Waals surface area contributed by atoms with Crippen LogP contribution in [-0.4, -0.2) is 61.5 Å². The molecule has 1 amide bonds. The first-order valence-electron chi connectivity index (χ1n) is 10.4. The van der Waals surface area contributed by atoms with Crippen LogP contribution in [0.25, 0.3) is 6.08 Å². The van der Waals surface area contributed by atoms with Crippen molar-refractivity contribution in [3.05, 3.63) is 53.6 Å². The second-order valence-corrected chi connectivity index (χ2v) is 7.53. The highest BCUT2D eigenvalue weighted by Gasteiger charge is 2.19. The molecule has 1 aromatic rings. The molecule has 4 heteroatoms. The third-order valence-electron chi connectivity index (χ3n) is 5.48. The Bertz CT molecular complexity index is 630. The van der Waals surface area contributed by atoms with Gasteiger partial charge in [0.05, 0.1) is 6.54 Å². The number of nitrogens with one attached hydrogen (secondary N) is 1. The molecule has 2 aliphatic rings. The molecule has 0 saturated carbocycles. The quantitative estimate of drug-likeness (QED) is 0.565. The van der Waals surface area contributed by atoms with Gasteiger partial charge in [-0.1, -0.05) is 54.1 Å². The lowest BCUT2D eigenvalue weighted by atomic mass is 9.97. The number of allylic oxidation sites excluding steroid dienone is 1. The zero-order chi connectivity index (χ0) is 18.7. The standard InChI is InChI=1S/C23H33N3O/c27-23(20-24-14-13-22-10-5-2-6-11-22)26-18-16-25(17-19-26)15-7-12-21-8-3-1-4-9-21/h1,3-4,7-10,12,24H,2,5-6,11,13-20H2/b12-7+. The number of carbonyl (C=O) groups is 1. The van der Waals surface area contributed by atoms with Gasteiger partial charge in [0.1, 0.15) is 0 Å². The molecule has 0 bridgehead atoms. The lowest BCUT2D eigenvalue weighted by molar-refractivity contribution is -0.131. The molecule has 27 heavy (non-hydrogen) atoms. The van der Waals surface area contributed by atoms with Gasteiger partial charge in [-0.05, 0) is 44.2 Å². The van der Waals surface area contributed by atoms with Crippen molar-refractivity contribution in [2.24, 2.45) is 0 Å². The van der Waals surface area contributed by atoms with Crippen molar-refractivity contribution in [3.63, 3.8) is 0 Å². The number of amides is 1. The summed E-state index contributed by atoms with van der Waals surface area (Å²) in [6, 6.07) is 10.4. The summed E-state index contributed by atoms with van der Waals surface area (Å²) in [5, 5.41) is 3.34. The zero-order valence-corrected chi connectivity index (χ0v) is 16.4. The van der Waals surface area contributed by atoms with Crippen molar-refractivity contribution < 1.29 is 4.79 Å². The number of rotatable bonds is 8. The van der Waals surface area contributed by atoms with Crippen LogP contribution in [0.2, 0.25) is 0 Å². The van der Waals surface area contributed by atoms with Crippen LogP contribution in [-0.2, 0) is 4.79 Å². The van der Waals surface area contributed by atoms with Crippen molar-refractivity contribution in [1.82, 2.24) is 15.1 Å². The number of nitrogens with zero attached hydrogens (tertiary/aromatic N) is 2. The van der Waals surface area contributed by atoms with Crippen molar-refractivity contribution in [1.29, 1.82) is 0 Å². The van der Waals surface area contributed by atoms with E-state index in [1.54, 1.807) is 5.57 Å². The normalized spacial score (nSPS) is 18.7. The van der Waals surface area contributed by atoms with Crippen molar-refractivity contribution >= 4 is 12.0 Å². The Hall–Kier alpha value is -1.91. The van der Waals surface area contributed by atoms with Gasteiger partial charge in [0.2, 0.25) is 5.91 Å². The van der Waals surface area contributed by atoms with E-state index < -0.39 is 0 Å². The molecule has 0 aromatic heterocycles. The number of carbonyl (C=O) groups excluding carboxylic acids is 1. The monoisotopic (exact) mass is 367 g/mol. The molecule has 1 N–H and O–H groups in total. The second kappa shape index (κ2) is 11.1. The van der Waals surface area contributed by atoms with Gasteiger partial charge in [0.25, 0.3) is 0 Å². The molecule has 3 rings (SSSR count). The van der Waals surface area contributed by atoms with Crippen LogP contribution in [0.15, 0.2) is 48.1 Å². The van der Waals surface area contributed by atoms with E-state index in [1.165, 1.54) is 31.2 Å². The van der Waals surface area contributed by atoms with E-state index in [0.717, 1.165) is 45.7 Å². The first-order valence-corrected chi connectivity index (χ1v) is 10.4. The summed E-state index contributed by atoms with van der Waals surface area (Å²) < 4.78 is 0. The summed E-state index contributed by atoms with van der Waals surface area (Å²) in [4.78, 5) is 16.8. The van der Waals surface area contributed by atoms with Gasteiger partial charge >= 0.3 is 0 Å². The molecule has 0 atom stereocenters. The Morgan fingerprint density at radius 2 is 1.89 bits per heavy atom. The Morgan fingerprint density at radius 1 is 1.07 bits per heavy atom. The van der Waals surface area contributed by atoms with E-state index >= 15 is 0 Å². The van der Waals surface area contributed by atoms with Crippen LogP contribution >= 0.6 is 0 Å². The smallest absolute Gasteiger partial charge is 0.236 e. The average molecular weight is 368 g/mol. The topological polar surface area (TPSA) is 35.6 Å². The number of piperazine rings is 1. The summed E-state index contributed by atoms with van der Waals surface area (Å²) in [6.45, 7) is 5.93. The molecule has 1 aliphatic heterocycles. The Balaban J connectivity index is 1.28. The second-order valence-electron chi connectivity index (χ2n) is 7.53. The van der Waals surface area contributed by atoms with Crippen molar-refractivity contribution in [2.45, 2.75) is 32.1 Å². The molecule has 1 aliphatic carbocycles. The van der Waals surface area contributed by atoms with Gasteiger partial charge in [0.15, 0.2) is 0 Å². The first-order chi connectivity index (χ1) is 13.3. The van der Waals surface area contributed by atoms with E-state index in [-0.39, 0.29) is 5.91 Å². The van der Waals surface area contributed by atoms with Gasteiger partial charge in [0, 0.05) is 32.7 Å². The van der Waals surface area contributed by atoms with Crippen LogP contribution in [0.5, 0.6) is 0 Å². The van der Waals surface area contributed by atoms with Gasteiger partial charge in [-0.2, -0.15) is 0 Å². The molecule has 1 heterocycles. The lowest BCUT2D eigenvalue weighted by Gasteiger charge is -2.34. The van der Waals surface area contributed by atoms with Crippen LogP contribution in [0.1, 0.15) is 37.7 Å². The summed E-state index contributed by atoms with van der Waals surface area (Å²) in [6.07, 6.45) is 13.0. The van der Waals surface area contributed by atoms with Gasteiger partial charge in [-0.3, -0.25) is 9.69 Å². The minimum absolute atomic E-state index is 0.243. The third kappa shape index (κ3) is 6.96. The van der Waals surface area contributed by atoms with E-state index in [1.807, 2.05) is 11.0 Å². The van der Waals surface area contributed by atoms with Crippen LogP contribution in [0, 0.1) is 0 Å². The fourth-order valence-corrected chi connectivity index (χ4v) is 3.77. The predicted octanol–water partition coefficient (Wildman–Crippen LogP) is 3.32. The third-order valence-corrected chi connectivity index (χ3v) is 5.48. The minimum Gasteiger partial charge on any atom is -0.339 e. The molecule has 1 saturated heterocycles.